The van der Waals surface area contributed by atoms with Gasteiger partial charge in [0.05, 0.1) is 10.6 Å². The number of nitrogens with zero attached hydrogens (tertiary/aromatic N) is 6. The van der Waals surface area contributed by atoms with Gasteiger partial charge < -0.3 is 15.7 Å². The van der Waals surface area contributed by atoms with Gasteiger partial charge in [0, 0.05) is 25.2 Å². The average molecular weight is 381 g/mol. The van der Waals surface area contributed by atoms with E-state index in [4.69, 9.17) is 10.8 Å². The summed E-state index contributed by atoms with van der Waals surface area (Å²) in [6.07, 6.45) is 2.67. The summed E-state index contributed by atoms with van der Waals surface area (Å²) in [5.74, 6) is 0.227. The molecule has 2 aromatic heterocycles. The molecule has 1 aliphatic heterocycles. The molecule has 0 bridgehead atoms. The lowest BCUT2D eigenvalue weighted by molar-refractivity contribution is -0.384. The number of carboxylic acid groups (broad SMARTS) is 1. The van der Waals surface area contributed by atoms with Crippen LogP contribution in [-0.2, 0) is 0 Å². The van der Waals surface area contributed by atoms with Crippen LogP contribution in [0.25, 0.3) is 22.3 Å². The summed E-state index contributed by atoms with van der Waals surface area (Å²) in [5, 5.41) is 24.6. The highest BCUT2D eigenvalue weighted by Crippen LogP contribution is 2.31. The van der Waals surface area contributed by atoms with Crippen LogP contribution in [0.5, 0.6) is 0 Å². The van der Waals surface area contributed by atoms with E-state index < -0.39 is 11.0 Å². The molecule has 0 radical (unpaired) electrons. The zero-order valence-corrected chi connectivity index (χ0v) is 14.5. The molecule has 28 heavy (non-hydrogen) atoms. The molecule has 0 unspecified atom stereocenters. The topological polar surface area (TPSA) is 153 Å². The van der Waals surface area contributed by atoms with E-state index in [0.29, 0.717) is 35.4 Å². The summed E-state index contributed by atoms with van der Waals surface area (Å²) >= 11 is 0. The quantitative estimate of drug-likeness (QED) is 0.516. The first-order valence-electron chi connectivity index (χ1n) is 8.37. The van der Waals surface area contributed by atoms with Gasteiger partial charge in [-0.15, -0.1) is 0 Å². The number of anilines is 1. The summed E-state index contributed by atoms with van der Waals surface area (Å²) in [7, 11) is 0. The van der Waals surface area contributed by atoms with Gasteiger partial charge in [0.25, 0.3) is 5.69 Å². The summed E-state index contributed by atoms with van der Waals surface area (Å²) in [4.78, 5) is 31.2. The summed E-state index contributed by atoms with van der Waals surface area (Å²) in [6, 6.07) is 5.91. The van der Waals surface area contributed by atoms with Crippen LogP contribution in [0.1, 0.15) is 12.1 Å². The predicted molar refractivity (Wildman–Crippen MR) is 99.9 cm³/mol. The van der Waals surface area contributed by atoms with Gasteiger partial charge >= 0.3 is 6.09 Å². The van der Waals surface area contributed by atoms with E-state index in [9.17, 15) is 14.9 Å². The largest absolute Gasteiger partial charge is 0.465 e. The second kappa shape index (κ2) is 6.61. The Labute approximate surface area is 157 Å². The molecular formula is C17H15N7O4. The molecule has 1 aromatic carbocycles. The molecule has 0 saturated heterocycles. The monoisotopic (exact) mass is 381 g/mol. The van der Waals surface area contributed by atoms with Crippen LogP contribution < -0.4 is 5.73 Å². The maximum Gasteiger partial charge on any atom is 0.407 e. The smallest absolute Gasteiger partial charge is 0.407 e. The Morgan fingerprint density at radius 3 is 2.61 bits per heavy atom. The lowest BCUT2D eigenvalue weighted by Gasteiger charge is -2.22. The van der Waals surface area contributed by atoms with Gasteiger partial charge in [0.2, 0.25) is 0 Å². The van der Waals surface area contributed by atoms with Crippen LogP contribution in [-0.4, -0.2) is 53.9 Å². The third kappa shape index (κ3) is 2.88. The number of nitrogens with two attached hydrogens (primary N) is 1. The SMILES string of the molecule is Nc1ncnc2c(C3=CCN(C(=O)O)CC3)nn(-c3ccc([N+](=O)[O-])cc3)c12. The number of fused-ring (bicyclic) bond motifs is 1. The number of benzene rings is 1. The molecular weight excluding hydrogens is 366 g/mol. The highest BCUT2D eigenvalue weighted by atomic mass is 16.6. The van der Waals surface area contributed by atoms with Crippen molar-refractivity contribution in [2.75, 3.05) is 18.8 Å². The number of non-ortho nitro benzene ring substituents is 1. The van der Waals surface area contributed by atoms with Gasteiger partial charge in [-0.25, -0.2) is 19.4 Å². The number of nitro benzene ring substituents is 1. The fourth-order valence-corrected chi connectivity index (χ4v) is 3.15. The zero-order chi connectivity index (χ0) is 19.8. The molecule has 3 heterocycles. The number of nitrogen functional groups attached to an aromatic ring is 1. The lowest BCUT2D eigenvalue weighted by Crippen LogP contribution is -2.33. The first kappa shape index (κ1) is 17.4. The lowest BCUT2D eigenvalue weighted by atomic mass is 10.0. The Morgan fingerprint density at radius 2 is 2.00 bits per heavy atom. The van der Waals surface area contributed by atoms with Crippen LogP contribution in [0.15, 0.2) is 36.7 Å². The standard InChI is InChI=1S/C17H15N7O4/c18-16-15-14(19-9-20-16)13(10-5-7-22(8-6-10)17(25)26)21-23(15)11-1-3-12(4-2-11)24(27)28/h1-5,9H,6-8H2,(H,25,26)(H2,18,19,20). The molecule has 3 N–H and O–H groups in total. The van der Waals surface area contributed by atoms with Gasteiger partial charge in [0.15, 0.2) is 5.82 Å². The molecule has 0 saturated carbocycles. The molecule has 1 aliphatic rings. The van der Waals surface area contributed by atoms with Crippen molar-refractivity contribution in [2.45, 2.75) is 6.42 Å². The van der Waals surface area contributed by atoms with Crippen LogP contribution in [0, 0.1) is 10.1 Å². The van der Waals surface area contributed by atoms with Crippen molar-refractivity contribution in [3.8, 4) is 5.69 Å². The number of amides is 1. The first-order chi connectivity index (χ1) is 13.5. The van der Waals surface area contributed by atoms with E-state index in [1.165, 1.54) is 23.4 Å². The number of carbonyl (C=O) groups is 1. The second-order valence-corrected chi connectivity index (χ2v) is 6.20. The van der Waals surface area contributed by atoms with E-state index in [-0.39, 0.29) is 18.1 Å². The Balaban J connectivity index is 1.83. The molecule has 4 rings (SSSR count). The highest BCUT2D eigenvalue weighted by molar-refractivity contribution is 5.94. The average Bonchev–Trinajstić information content (AvgIpc) is 3.09. The summed E-state index contributed by atoms with van der Waals surface area (Å²) in [6.45, 7) is 0.616. The minimum Gasteiger partial charge on any atom is -0.465 e. The van der Waals surface area contributed by atoms with Crippen molar-refractivity contribution in [2.24, 2.45) is 0 Å². The molecule has 11 heteroatoms. The maximum atomic E-state index is 11.1. The summed E-state index contributed by atoms with van der Waals surface area (Å²) in [5.41, 5.74) is 9.08. The van der Waals surface area contributed by atoms with E-state index in [2.05, 4.69) is 15.1 Å². The van der Waals surface area contributed by atoms with Gasteiger partial charge in [-0.1, -0.05) is 6.08 Å². The summed E-state index contributed by atoms with van der Waals surface area (Å²) < 4.78 is 1.55. The van der Waals surface area contributed by atoms with E-state index in [1.807, 2.05) is 0 Å². The van der Waals surface area contributed by atoms with Gasteiger partial charge in [-0.2, -0.15) is 5.10 Å². The maximum absolute atomic E-state index is 11.1. The minimum absolute atomic E-state index is 0.0339. The van der Waals surface area contributed by atoms with Crippen molar-refractivity contribution in [3.05, 3.63) is 52.5 Å². The van der Waals surface area contributed by atoms with Crippen molar-refractivity contribution in [1.29, 1.82) is 0 Å². The van der Waals surface area contributed by atoms with Crippen molar-refractivity contribution < 1.29 is 14.8 Å². The molecule has 1 amide bonds. The van der Waals surface area contributed by atoms with Gasteiger partial charge in [0.1, 0.15) is 23.1 Å². The fourth-order valence-electron chi connectivity index (χ4n) is 3.15. The Bertz CT molecular complexity index is 1120. The highest BCUT2D eigenvalue weighted by Gasteiger charge is 2.23. The van der Waals surface area contributed by atoms with Crippen LogP contribution in [0.3, 0.4) is 0 Å². The number of nitro groups is 1. The van der Waals surface area contributed by atoms with Gasteiger partial charge in [-0.05, 0) is 24.1 Å². The van der Waals surface area contributed by atoms with E-state index >= 15 is 0 Å². The number of hydrogen-bond donors (Lipinski definition) is 2. The third-order valence-corrected chi connectivity index (χ3v) is 4.58. The third-order valence-electron chi connectivity index (χ3n) is 4.58. The Hall–Kier alpha value is -4.02. The zero-order valence-electron chi connectivity index (χ0n) is 14.5. The number of aromatic nitrogens is 4. The Kier molecular flexibility index (Phi) is 4.11. The number of hydrogen-bond acceptors (Lipinski definition) is 7. The first-order valence-corrected chi connectivity index (χ1v) is 8.37. The molecule has 0 atom stereocenters. The predicted octanol–water partition coefficient (Wildman–Crippen LogP) is 2.07. The molecule has 0 fully saturated rings. The second-order valence-electron chi connectivity index (χ2n) is 6.20. The van der Waals surface area contributed by atoms with Crippen molar-refractivity contribution in [1.82, 2.24) is 24.6 Å². The van der Waals surface area contributed by atoms with Crippen LogP contribution in [0.2, 0.25) is 0 Å². The van der Waals surface area contributed by atoms with Crippen LogP contribution >= 0.6 is 0 Å². The minimum atomic E-state index is -0.969. The van der Waals surface area contributed by atoms with E-state index in [1.54, 1.807) is 22.9 Å². The van der Waals surface area contributed by atoms with E-state index in [0.717, 1.165) is 5.57 Å². The normalized spacial score (nSPS) is 14.1. The molecule has 0 spiro atoms. The van der Waals surface area contributed by atoms with Gasteiger partial charge in [-0.3, -0.25) is 10.1 Å². The number of rotatable bonds is 3. The molecule has 0 aliphatic carbocycles. The van der Waals surface area contributed by atoms with Crippen molar-refractivity contribution >= 4 is 34.2 Å². The Morgan fingerprint density at radius 1 is 1.25 bits per heavy atom. The molecule has 142 valence electrons. The van der Waals surface area contributed by atoms with Crippen molar-refractivity contribution in [3.63, 3.8) is 0 Å². The van der Waals surface area contributed by atoms with Crippen LogP contribution in [0.4, 0.5) is 16.3 Å². The fraction of sp³-hybridized carbons (Fsp3) is 0.176. The molecule has 3 aromatic rings. The molecule has 11 nitrogen and oxygen atoms in total.